The second-order valence-corrected chi connectivity index (χ2v) is 6.12. The molecule has 0 saturated heterocycles. The summed E-state index contributed by atoms with van der Waals surface area (Å²) in [5, 5.41) is 3.67. The van der Waals surface area contributed by atoms with Gasteiger partial charge in [-0.1, -0.05) is 31.0 Å². The van der Waals surface area contributed by atoms with Crippen molar-refractivity contribution in [3.8, 4) is 0 Å². The van der Waals surface area contributed by atoms with Crippen LogP contribution in [0, 0.1) is 5.92 Å². The molecular formula is C15H23NS. The van der Waals surface area contributed by atoms with Gasteiger partial charge in [0, 0.05) is 23.2 Å². The van der Waals surface area contributed by atoms with E-state index in [0.29, 0.717) is 6.04 Å². The van der Waals surface area contributed by atoms with E-state index in [-0.39, 0.29) is 0 Å². The van der Waals surface area contributed by atoms with E-state index in [0.717, 1.165) is 12.5 Å². The van der Waals surface area contributed by atoms with Crippen LogP contribution in [0.25, 0.3) is 0 Å². The lowest BCUT2D eigenvalue weighted by Gasteiger charge is -2.20. The van der Waals surface area contributed by atoms with Crippen molar-refractivity contribution in [3.63, 3.8) is 0 Å². The van der Waals surface area contributed by atoms with Gasteiger partial charge in [0.1, 0.15) is 0 Å². The number of benzene rings is 1. The Balaban J connectivity index is 1.59. The molecule has 0 heterocycles. The third-order valence-electron chi connectivity index (χ3n) is 3.69. The molecule has 94 valence electrons. The molecule has 1 aromatic carbocycles. The van der Waals surface area contributed by atoms with Gasteiger partial charge in [-0.3, -0.25) is 0 Å². The van der Waals surface area contributed by atoms with Gasteiger partial charge in [-0.2, -0.15) is 0 Å². The molecule has 0 radical (unpaired) electrons. The molecule has 0 amide bonds. The molecule has 2 rings (SSSR count). The van der Waals surface area contributed by atoms with Gasteiger partial charge in [0.25, 0.3) is 0 Å². The summed E-state index contributed by atoms with van der Waals surface area (Å²) in [7, 11) is 0. The maximum Gasteiger partial charge on any atom is 0.0106 e. The molecule has 1 nitrogen and oxygen atoms in total. The predicted octanol–water partition coefficient (Wildman–Crippen LogP) is 3.95. The normalized spacial score (nSPS) is 18.4. The van der Waals surface area contributed by atoms with Crippen LogP contribution in [-0.4, -0.2) is 18.3 Å². The monoisotopic (exact) mass is 249 g/mol. The first kappa shape index (κ1) is 13.0. The Labute approximate surface area is 109 Å². The molecule has 0 bridgehead atoms. The number of hydrogen-bond acceptors (Lipinski definition) is 2. The van der Waals surface area contributed by atoms with Crippen LogP contribution >= 0.6 is 11.8 Å². The fraction of sp³-hybridized carbons (Fsp3) is 0.600. The van der Waals surface area contributed by atoms with Crippen molar-refractivity contribution < 1.29 is 0 Å². The minimum atomic E-state index is 0.703. The molecule has 17 heavy (non-hydrogen) atoms. The van der Waals surface area contributed by atoms with Crippen molar-refractivity contribution in [2.45, 2.75) is 43.5 Å². The molecule has 1 fully saturated rings. The molecule has 0 aliphatic heterocycles. The molecule has 0 spiro atoms. The summed E-state index contributed by atoms with van der Waals surface area (Å²) < 4.78 is 0. The van der Waals surface area contributed by atoms with Gasteiger partial charge in [-0.05, 0) is 37.8 Å². The SMILES string of the molecule is C[C@@H](NCCSc1ccccc1)C1CCCC1. The molecule has 0 aromatic heterocycles. The Morgan fingerprint density at radius 3 is 2.65 bits per heavy atom. The van der Waals surface area contributed by atoms with E-state index in [1.807, 2.05) is 11.8 Å². The lowest BCUT2D eigenvalue weighted by molar-refractivity contribution is 0.390. The number of rotatable bonds is 6. The van der Waals surface area contributed by atoms with Gasteiger partial charge in [0.15, 0.2) is 0 Å². The smallest absolute Gasteiger partial charge is 0.0106 e. The van der Waals surface area contributed by atoms with Crippen LogP contribution in [0.3, 0.4) is 0 Å². The molecule has 2 heteroatoms. The first-order chi connectivity index (χ1) is 8.36. The van der Waals surface area contributed by atoms with Crippen LogP contribution in [0.4, 0.5) is 0 Å². The summed E-state index contributed by atoms with van der Waals surface area (Å²) in [6.45, 7) is 3.47. The zero-order valence-corrected chi connectivity index (χ0v) is 11.5. The molecule has 1 aliphatic rings. The quantitative estimate of drug-likeness (QED) is 0.605. The van der Waals surface area contributed by atoms with E-state index in [1.165, 1.54) is 36.3 Å². The van der Waals surface area contributed by atoms with Crippen molar-refractivity contribution in [2.75, 3.05) is 12.3 Å². The first-order valence-electron chi connectivity index (χ1n) is 6.77. The molecule has 1 N–H and O–H groups in total. The van der Waals surface area contributed by atoms with E-state index in [4.69, 9.17) is 0 Å². The summed E-state index contributed by atoms with van der Waals surface area (Å²) in [5.41, 5.74) is 0. The maximum absolute atomic E-state index is 3.67. The largest absolute Gasteiger partial charge is 0.313 e. The third-order valence-corrected chi connectivity index (χ3v) is 4.70. The molecule has 0 unspecified atom stereocenters. The summed E-state index contributed by atoms with van der Waals surface area (Å²) in [4.78, 5) is 1.38. The highest BCUT2D eigenvalue weighted by atomic mass is 32.2. The Kier molecular flexibility index (Phi) is 5.40. The lowest BCUT2D eigenvalue weighted by atomic mass is 10.00. The van der Waals surface area contributed by atoms with E-state index in [2.05, 4.69) is 42.6 Å². The van der Waals surface area contributed by atoms with E-state index in [9.17, 15) is 0 Å². The minimum Gasteiger partial charge on any atom is -0.313 e. The second-order valence-electron chi connectivity index (χ2n) is 4.95. The summed E-state index contributed by atoms with van der Waals surface area (Å²) >= 11 is 1.94. The summed E-state index contributed by atoms with van der Waals surface area (Å²) in [5.74, 6) is 2.10. The highest BCUT2D eigenvalue weighted by molar-refractivity contribution is 7.99. The fourth-order valence-electron chi connectivity index (χ4n) is 2.60. The Morgan fingerprint density at radius 1 is 1.24 bits per heavy atom. The van der Waals surface area contributed by atoms with Crippen molar-refractivity contribution in [1.82, 2.24) is 5.32 Å². The molecule has 1 aromatic rings. The molecular weight excluding hydrogens is 226 g/mol. The maximum atomic E-state index is 3.67. The fourth-order valence-corrected chi connectivity index (χ4v) is 3.40. The highest BCUT2D eigenvalue weighted by Crippen LogP contribution is 2.27. The van der Waals surface area contributed by atoms with Crippen LogP contribution in [0.1, 0.15) is 32.6 Å². The van der Waals surface area contributed by atoms with E-state index >= 15 is 0 Å². The van der Waals surface area contributed by atoms with E-state index < -0.39 is 0 Å². The predicted molar refractivity (Wildman–Crippen MR) is 76.6 cm³/mol. The van der Waals surface area contributed by atoms with Gasteiger partial charge in [-0.25, -0.2) is 0 Å². The average molecular weight is 249 g/mol. The Bertz CT molecular complexity index is 306. The van der Waals surface area contributed by atoms with Crippen molar-refractivity contribution in [3.05, 3.63) is 30.3 Å². The van der Waals surface area contributed by atoms with Crippen LogP contribution in [0.5, 0.6) is 0 Å². The van der Waals surface area contributed by atoms with Gasteiger partial charge < -0.3 is 5.32 Å². The van der Waals surface area contributed by atoms with Gasteiger partial charge in [-0.15, -0.1) is 11.8 Å². The van der Waals surface area contributed by atoms with Gasteiger partial charge in [0.2, 0.25) is 0 Å². The summed E-state index contributed by atoms with van der Waals surface area (Å²) in [6.07, 6.45) is 5.74. The number of nitrogens with one attached hydrogen (secondary N) is 1. The zero-order chi connectivity index (χ0) is 11.9. The Morgan fingerprint density at radius 2 is 1.94 bits per heavy atom. The molecule has 1 saturated carbocycles. The van der Waals surface area contributed by atoms with Crippen LogP contribution in [-0.2, 0) is 0 Å². The third kappa shape index (κ3) is 4.36. The first-order valence-corrected chi connectivity index (χ1v) is 7.76. The van der Waals surface area contributed by atoms with Crippen LogP contribution in [0.2, 0.25) is 0 Å². The molecule has 1 aliphatic carbocycles. The zero-order valence-electron chi connectivity index (χ0n) is 10.7. The van der Waals surface area contributed by atoms with Crippen LogP contribution in [0.15, 0.2) is 35.2 Å². The lowest BCUT2D eigenvalue weighted by Crippen LogP contribution is -2.33. The molecule has 1 atom stereocenters. The number of hydrogen-bond donors (Lipinski definition) is 1. The van der Waals surface area contributed by atoms with E-state index in [1.54, 1.807) is 0 Å². The highest BCUT2D eigenvalue weighted by Gasteiger charge is 2.20. The van der Waals surface area contributed by atoms with Crippen LogP contribution < -0.4 is 5.32 Å². The second kappa shape index (κ2) is 7.07. The topological polar surface area (TPSA) is 12.0 Å². The minimum absolute atomic E-state index is 0.703. The Hall–Kier alpha value is -0.470. The van der Waals surface area contributed by atoms with Crippen molar-refractivity contribution >= 4 is 11.8 Å². The average Bonchev–Trinajstić information content (AvgIpc) is 2.89. The van der Waals surface area contributed by atoms with Gasteiger partial charge >= 0.3 is 0 Å². The summed E-state index contributed by atoms with van der Waals surface area (Å²) in [6, 6.07) is 11.4. The van der Waals surface area contributed by atoms with Gasteiger partial charge in [0.05, 0.1) is 0 Å². The number of thioether (sulfide) groups is 1. The van der Waals surface area contributed by atoms with Crippen molar-refractivity contribution in [1.29, 1.82) is 0 Å². The standard InChI is InChI=1S/C15H23NS/c1-13(14-7-5-6-8-14)16-11-12-17-15-9-3-2-4-10-15/h2-4,9-10,13-14,16H,5-8,11-12H2,1H3/t13-/m1/s1. The van der Waals surface area contributed by atoms with Crippen molar-refractivity contribution in [2.24, 2.45) is 5.92 Å².